The Morgan fingerprint density at radius 3 is 2.47 bits per heavy atom. The average Bonchev–Trinajstić information content (AvgIpc) is 3.46. The molecule has 12 heteroatoms. The van der Waals surface area contributed by atoms with E-state index in [9.17, 15) is 24.9 Å². The van der Waals surface area contributed by atoms with Gasteiger partial charge >= 0.3 is 0 Å². The number of piperazine rings is 1. The first-order valence-electron chi connectivity index (χ1n) is 15.6. The van der Waals surface area contributed by atoms with E-state index in [2.05, 4.69) is 15.5 Å². The first-order valence-corrected chi connectivity index (χ1v) is 15.6. The van der Waals surface area contributed by atoms with Crippen LogP contribution in [-0.4, -0.2) is 88.8 Å². The van der Waals surface area contributed by atoms with E-state index in [0.717, 1.165) is 16.7 Å². The number of aryl methyl sites for hydroxylation is 1. The second-order valence-corrected chi connectivity index (χ2v) is 13.2. The van der Waals surface area contributed by atoms with Crippen LogP contribution in [0.2, 0.25) is 0 Å². The number of carbonyl (C=O) groups is 2. The molecule has 2 bridgehead atoms. The minimum Gasteiger partial charge on any atom is -0.507 e. The number of rotatable bonds is 7. The van der Waals surface area contributed by atoms with Crippen molar-refractivity contribution >= 4 is 11.8 Å². The molecule has 4 aliphatic rings. The normalized spacial score (nSPS) is 25.7. The van der Waals surface area contributed by atoms with E-state index in [0.29, 0.717) is 53.2 Å². The third-order valence-electron chi connectivity index (χ3n) is 9.96. The molecular formula is C33H44N4O8. The smallest absolute Gasteiger partial charge is 0.242 e. The Morgan fingerprint density at radius 1 is 1.07 bits per heavy atom. The molecule has 4 aliphatic heterocycles. The van der Waals surface area contributed by atoms with Crippen molar-refractivity contribution < 1.29 is 39.1 Å². The van der Waals surface area contributed by atoms with Crippen molar-refractivity contribution in [2.45, 2.75) is 90.3 Å². The molecule has 0 saturated carbocycles. The Hall–Kier alpha value is -3.74. The lowest BCUT2D eigenvalue weighted by Crippen LogP contribution is -2.69. The van der Waals surface area contributed by atoms with Crippen LogP contribution < -0.4 is 24.8 Å². The molecule has 6 atom stereocenters. The number of methoxy groups -OCH3 is 1. The van der Waals surface area contributed by atoms with Gasteiger partial charge in [-0.3, -0.25) is 19.4 Å². The SMILES string of the molecule is COc1c(C)cc2c(c1O)[C@@H]1C3Cc4c(O)c(C)c5c(c4[C@H](CNC(=O)[C@@H](C)NC(=O)CC(C)C)N3C(O)[C@H](C2)N1C)OCO5. The van der Waals surface area contributed by atoms with E-state index in [1.54, 1.807) is 13.8 Å². The number of nitrogens with one attached hydrogen (secondary N) is 2. The number of phenolic OH excluding ortho intramolecular Hbond substituents is 2. The summed E-state index contributed by atoms with van der Waals surface area (Å²) in [6.45, 7) is 9.25. The van der Waals surface area contributed by atoms with Crippen molar-refractivity contribution in [2.75, 3.05) is 27.5 Å². The lowest BCUT2D eigenvalue weighted by molar-refractivity contribution is -0.172. The number of likely N-dealkylation sites (N-methyl/N-ethyl adjacent to an activating group) is 1. The fourth-order valence-electron chi connectivity index (χ4n) is 7.94. The van der Waals surface area contributed by atoms with Crippen LogP contribution >= 0.6 is 0 Å². The lowest BCUT2D eigenvalue weighted by Gasteiger charge is -2.60. The van der Waals surface area contributed by atoms with Crippen LogP contribution in [0.15, 0.2) is 6.07 Å². The number of fused-ring (bicyclic) bond motifs is 9. The van der Waals surface area contributed by atoms with Gasteiger partial charge < -0.3 is 40.2 Å². The highest BCUT2D eigenvalue weighted by atomic mass is 16.7. The van der Waals surface area contributed by atoms with E-state index in [1.807, 2.05) is 38.8 Å². The maximum atomic E-state index is 13.3. The van der Waals surface area contributed by atoms with Crippen LogP contribution in [0.1, 0.15) is 72.7 Å². The highest BCUT2D eigenvalue weighted by Crippen LogP contribution is 2.57. The van der Waals surface area contributed by atoms with Crippen LogP contribution in [0.25, 0.3) is 0 Å². The minimum absolute atomic E-state index is 0.00950. The summed E-state index contributed by atoms with van der Waals surface area (Å²) >= 11 is 0. The molecule has 45 heavy (non-hydrogen) atoms. The summed E-state index contributed by atoms with van der Waals surface area (Å²) in [5.41, 5.74) is 4.37. The number of hydrogen-bond donors (Lipinski definition) is 5. The summed E-state index contributed by atoms with van der Waals surface area (Å²) in [4.78, 5) is 29.8. The van der Waals surface area contributed by atoms with E-state index in [4.69, 9.17) is 14.2 Å². The van der Waals surface area contributed by atoms with Crippen molar-refractivity contribution in [1.29, 1.82) is 0 Å². The number of aromatic hydroxyl groups is 2. The van der Waals surface area contributed by atoms with Crippen LogP contribution in [-0.2, 0) is 22.4 Å². The third-order valence-corrected chi connectivity index (χ3v) is 9.96. The van der Waals surface area contributed by atoms with Crippen molar-refractivity contribution in [3.05, 3.63) is 39.4 Å². The number of nitrogens with zero attached hydrogens (tertiary/aromatic N) is 2. The highest BCUT2D eigenvalue weighted by molar-refractivity contribution is 5.87. The Morgan fingerprint density at radius 2 is 1.78 bits per heavy atom. The van der Waals surface area contributed by atoms with Crippen LogP contribution in [0, 0.1) is 19.8 Å². The summed E-state index contributed by atoms with van der Waals surface area (Å²) in [6, 6.07) is -0.448. The van der Waals surface area contributed by atoms with Gasteiger partial charge in [0.05, 0.1) is 25.2 Å². The Balaban J connectivity index is 1.43. The van der Waals surface area contributed by atoms with E-state index < -0.39 is 24.4 Å². The number of aliphatic hydroxyl groups is 1. The first kappa shape index (κ1) is 31.3. The van der Waals surface area contributed by atoms with Crippen LogP contribution in [0.3, 0.4) is 0 Å². The summed E-state index contributed by atoms with van der Waals surface area (Å²) in [6.07, 6.45) is 0.200. The van der Waals surface area contributed by atoms with Gasteiger partial charge in [-0.25, -0.2) is 0 Å². The minimum atomic E-state index is -0.950. The lowest BCUT2D eigenvalue weighted by atomic mass is 9.73. The maximum absolute atomic E-state index is 13.3. The molecule has 6 rings (SSSR count). The molecule has 4 heterocycles. The summed E-state index contributed by atoms with van der Waals surface area (Å²) in [5, 5.41) is 40.9. The molecule has 0 spiro atoms. The van der Waals surface area contributed by atoms with Gasteiger partial charge in [-0.15, -0.1) is 0 Å². The summed E-state index contributed by atoms with van der Waals surface area (Å²) < 4.78 is 17.3. The average molecular weight is 625 g/mol. The van der Waals surface area contributed by atoms with Gasteiger partial charge in [0.25, 0.3) is 0 Å². The molecule has 5 N–H and O–H groups in total. The van der Waals surface area contributed by atoms with Crippen molar-refractivity contribution in [3.63, 3.8) is 0 Å². The number of ether oxygens (including phenoxy) is 3. The molecule has 12 nitrogen and oxygen atoms in total. The largest absolute Gasteiger partial charge is 0.507 e. The standard InChI is InChI=1S/C33H44N4O8/c1-14(2)8-23(38)35-17(5)32(41)34-12-22-25-19(27(39)16(4)30-31(25)45-13-44-30)11-20-26-24-18(9-15(3)29(43-7)28(24)40)10-21(36(26)6)33(42)37(20)22/h9,14,17,20-22,26,33,39-40,42H,8,10-13H2,1-7H3,(H,34,41)(H,35,38)/t17-,20?,21+,22+,26+,33?/m1/s1. The quantitative estimate of drug-likeness (QED) is 0.310. The van der Waals surface area contributed by atoms with Gasteiger partial charge in [-0.1, -0.05) is 19.9 Å². The molecule has 0 radical (unpaired) electrons. The van der Waals surface area contributed by atoms with Crippen LogP contribution in [0.4, 0.5) is 0 Å². The molecule has 2 unspecified atom stereocenters. The number of hydrogen-bond acceptors (Lipinski definition) is 10. The maximum Gasteiger partial charge on any atom is 0.242 e. The zero-order chi connectivity index (χ0) is 32.5. The van der Waals surface area contributed by atoms with Gasteiger partial charge in [-0.05, 0) is 57.7 Å². The van der Waals surface area contributed by atoms with Crippen LogP contribution in [0.5, 0.6) is 28.7 Å². The van der Waals surface area contributed by atoms with Gasteiger partial charge in [0.2, 0.25) is 18.6 Å². The molecule has 2 aromatic carbocycles. The van der Waals surface area contributed by atoms with E-state index in [-0.39, 0.29) is 54.7 Å². The Kier molecular flexibility index (Phi) is 8.03. The Labute approximate surface area is 263 Å². The highest BCUT2D eigenvalue weighted by Gasteiger charge is 2.56. The van der Waals surface area contributed by atoms with Crippen molar-refractivity contribution in [2.24, 2.45) is 5.92 Å². The molecule has 1 saturated heterocycles. The second kappa shape index (κ2) is 11.6. The second-order valence-electron chi connectivity index (χ2n) is 13.2. The predicted octanol–water partition coefficient (Wildman–Crippen LogP) is 2.32. The summed E-state index contributed by atoms with van der Waals surface area (Å²) in [5.74, 6) is 1.10. The number of carbonyl (C=O) groups excluding carboxylic acids is 2. The number of benzene rings is 2. The number of phenols is 2. The van der Waals surface area contributed by atoms with E-state index in [1.165, 1.54) is 7.11 Å². The molecule has 2 aromatic rings. The first-order chi connectivity index (χ1) is 21.3. The Bertz CT molecular complexity index is 1540. The third kappa shape index (κ3) is 4.94. The van der Waals surface area contributed by atoms with Gasteiger partial charge in [0, 0.05) is 41.3 Å². The molecule has 0 aliphatic carbocycles. The topological polar surface area (TPSA) is 153 Å². The fourth-order valence-corrected chi connectivity index (χ4v) is 7.94. The predicted molar refractivity (Wildman–Crippen MR) is 165 cm³/mol. The molecule has 244 valence electrons. The molecular weight excluding hydrogens is 580 g/mol. The zero-order valence-corrected chi connectivity index (χ0v) is 26.9. The fraction of sp³-hybridized carbons (Fsp3) is 0.576. The molecule has 2 amide bonds. The van der Waals surface area contributed by atoms with Gasteiger partial charge in [0.1, 0.15) is 18.0 Å². The summed E-state index contributed by atoms with van der Waals surface area (Å²) in [7, 11) is 3.48. The van der Waals surface area contributed by atoms with Crippen molar-refractivity contribution in [1.82, 2.24) is 20.4 Å². The van der Waals surface area contributed by atoms with E-state index >= 15 is 0 Å². The molecule has 1 fully saturated rings. The zero-order valence-electron chi connectivity index (χ0n) is 26.9. The number of aliphatic hydroxyl groups excluding tert-OH is 1. The van der Waals surface area contributed by atoms with Crippen molar-refractivity contribution in [3.8, 4) is 28.7 Å². The monoisotopic (exact) mass is 624 g/mol. The van der Waals surface area contributed by atoms with Gasteiger partial charge in [-0.2, -0.15) is 0 Å². The number of amides is 2. The molecule has 0 aromatic heterocycles. The van der Waals surface area contributed by atoms with Gasteiger partial charge in [0.15, 0.2) is 23.0 Å².